The minimum absolute atomic E-state index is 0.0248. The summed E-state index contributed by atoms with van der Waals surface area (Å²) in [6, 6.07) is 30.2. The minimum atomic E-state index is -0.875. The van der Waals surface area contributed by atoms with E-state index in [1.54, 1.807) is 6.07 Å². The monoisotopic (exact) mass is 1520 g/mol. The normalized spacial score (nSPS) is 11.3. The second-order valence-corrected chi connectivity index (χ2v) is 21.6. The van der Waals surface area contributed by atoms with Gasteiger partial charge in [0.25, 0.3) is 22.2 Å². The topological polar surface area (TPSA) is 305 Å². The predicted octanol–water partition coefficient (Wildman–Crippen LogP) is 6.35. The van der Waals surface area contributed by atoms with E-state index in [1.807, 2.05) is 91.0 Å². The van der Waals surface area contributed by atoms with E-state index in [0.717, 1.165) is 51.3 Å². The van der Waals surface area contributed by atoms with Gasteiger partial charge in [-0.25, -0.2) is 0 Å². The van der Waals surface area contributed by atoms with E-state index in [2.05, 4.69) is 80.1 Å². The zero-order chi connectivity index (χ0) is 64.9. The molecule has 0 saturated heterocycles. The quantitative estimate of drug-likeness (QED) is 0.00502. The lowest BCUT2D eigenvalue weighted by atomic mass is 9.92. The molecule has 4 atom stereocenters. The highest BCUT2D eigenvalue weighted by Crippen LogP contribution is 2.20. The molecule has 4 aromatic carbocycles. The molecule has 4 rings (SSSR count). The summed E-state index contributed by atoms with van der Waals surface area (Å²) in [4.78, 5) is 88.2. The molecule has 0 amide bonds. The maximum Gasteiger partial charge on any atom is 0.307 e. The van der Waals surface area contributed by atoms with Gasteiger partial charge in [0.15, 0.2) is 0 Å². The fraction of sp³-hybridized carbons (Fsp3) is 0.429. The van der Waals surface area contributed by atoms with Gasteiger partial charge in [-0.1, -0.05) is 65.1 Å². The van der Waals surface area contributed by atoms with Gasteiger partial charge in [0.1, 0.15) is 6.29 Å². The maximum atomic E-state index is 11.5. The smallest absolute Gasteiger partial charge is 0.307 e. The number of hydrogen-bond acceptors (Lipinski definition) is 19. The molecule has 0 aliphatic rings. The average Bonchev–Trinajstić information content (AvgIpc) is 3.47. The van der Waals surface area contributed by atoms with Crippen LogP contribution < -0.4 is 42.7 Å². The highest BCUT2D eigenvalue weighted by molar-refractivity contribution is 14.1. The lowest BCUT2D eigenvalue weighted by molar-refractivity contribution is -0.142. The molecule has 3 radical (unpaired) electrons. The number of halogens is 7. The first-order valence-corrected chi connectivity index (χ1v) is 31.7. The van der Waals surface area contributed by atoms with Crippen LogP contribution in [0, 0.1) is 3.57 Å². The Balaban J connectivity index is 0. The van der Waals surface area contributed by atoms with E-state index < -0.39 is 5.97 Å². The second kappa shape index (κ2) is 55.9. The number of hydrogen-bond donors (Lipinski definition) is 7. The Morgan fingerprint density at radius 1 is 0.558 bits per heavy atom. The number of nitrogens with two attached hydrogens (primary N) is 3. The van der Waals surface area contributed by atoms with Crippen LogP contribution in [0.4, 0.5) is 22.7 Å². The van der Waals surface area contributed by atoms with Crippen molar-refractivity contribution in [2.24, 2.45) is 5.73 Å². The van der Waals surface area contributed by atoms with Gasteiger partial charge < -0.3 is 81.2 Å². The van der Waals surface area contributed by atoms with Crippen molar-refractivity contribution in [3.05, 3.63) is 117 Å². The maximum absolute atomic E-state index is 11.5. The third-order valence-electron chi connectivity index (χ3n) is 11.0. The van der Waals surface area contributed by atoms with Gasteiger partial charge in [0, 0.05) is 105 Å². The van der Waals surface area contributed by atoms with Crippen LogP contribution in [0.2, 0.25) is 0 Å². The van der Waals surface area contributed by atoms with Gasteiger partial charge in [0.2, 0.25) is 0 Å². The van der Waals surface area contributed by atoms with Crippen LogP contribution in [0.3, 0.4) is 0 Å². The molecule has 10 N–H and O–H groups in total. The second-order valence-electron chi connectivity index (χ2n) is 17.7. The first-order chi connectivity index (χ1) is 41.3. The number of carboxylic acid groups (broad SMARTS) is 1. The van der Waals surface area contributed by atoms with E-state index in [-0.39, 0.29) is 73.6 Å². The standard InChI is InChI=1S/C16H22BCl2N2O3.C14H20Cl2N2O2.C12H16BN2O3.C6H10BINO3.C6H6IN.C2H3ClO/c1-24-16(23)11-14(20-17-12-22)9-13-3-2-4-15(10-13)21(7-5-18)8-6-19;15-4-6-18(7-5-16)13-3-1-2-11(9-13)8-12(17)10-14(19)20;1-18-12(17)7-11(15-13-8-16)6-9-3-2-4-10(14)5-9;1-12-6(11)2-5(3-8)9-7-4-10;7-5-2-1-3-6(8)4-5;3-1-2-4/h2-4,10,12,14,20H,5-9,11H2,1H3;1-3,9,12H,4-8,10,17H2,(H,19,20);2-5,8,11,15H,6-7,14H2,1H3;4-5,9H,2-3H2,1H3;1-4H,8H2;2H,1H2/t14-;12-;11-;5-;;/m0001../s1. The van der Waals surface area contributed by atoms with Gasteiger partial charge in [-0.05, 0) is 113 Å². The van der Waals surface area contributed by atoms with Crippen molar-refractivity contribution in [2.45, 2.75) is 69.1 Å². The van der Waals surface area contributed by atoms with Gasteiger partial charge in [-0.2, -0.15) is 0 Å². The molecule has 471 valence electrons. The Bertz CT molecular complexity index is 2490. The first-order valence-electron chi connectivity index (χ1n) is 26.4. The highest BCUT2D eigenvalue weighted by atomic mass is 127. The number of esters is 3. The number of nitrogen functional groups attached to an aromatic ring is 2. The molecule has 20 nitrogen and oxygen atoms in total. The molecular formula is C56H77B3Cl5I2N8O12. The molecule has 0 aliphatic heterocycles. The van der Waals surface area contributed by atoms with Crippen molar-refractivity contribution in [3.63, 3.8) is 0 Å². The van der Waals surface area contributed by atoms with Crippen LogP contribution >= 0.6 is 103 Å². The van der Waals surface area contributed by atoms with E-state index in [1.165, 1.54) is 47.1 Å². The van der Waals surface area contributed by atoms with Gasteiger partial charge in [-0.3, -0.25) is 19.2 Å². The van der Waals surface area contributed by atoms with E-state index in [4.69, 9.17) is 89.8 Å². The van der Waals surface area contributed by atoms with Gasteiger partial charge in [0.05, 0.1) is 71.4 Å². The summed E-state index contributed by atoms with van der Waals surface area (Å²) in [6.07, 6.45) is 4.92. The molecule has 86 heavy (non-hydrogen) atoms. The summed E-state index contributed by atoms with van der Waals surface area (Å²) in [7, 11) is 7.88. The largest absolute Gasteiger partial charge is 0.481 e. The molecule has 0 saturated carbocycles. The zero-order valence-corrected chi connectivity index (χ0v) is 56.4. The number of aliphatic carboxylic acids is 1. The SMILES string of the molecule is COC(=O)C[C@H](CI)N[B]C=O.COC(=O)C[C@H](Cc1cccc(N(CCCl)CCCl)c1)N[B]C=O.COC(=O)C[C@H](Cc1cccc(N)c1)N[B]C=O.N[C@H](CC(=O)O)Cc1cccc(N(CCCl)CCCl)c1.Nc1cccc(I)c1.O=CCCl. The lowest BCUT2D eigenvalue weighted by Crippen LogP contribution is -2.37. The average molecular weight is 1520 g/mol. The van der Waals surface area contributed by atoms with Crippen LogP contribution in [0.15, 0.2) is 97.1 Å². The lowest BCUT2D eigenvalue weighted by Gasteiger charge is -2.24. The van der Waals surface area contributed by atoms with Crippen LogP contribution in [0.25, 0.3) is 0 Å². The summed E-state index contributed by atoms with van der Waals surface area (Å²) in [5, 5.41) is 17.3. The Hall–Kier alpha value is -4.42. The van der Waals surface area contributed by atoms with Crippen molar-refractivity contribution in [3.8, 4) is 0 Å². The number of alkyl halides is 6. The Morgan fingerprint density at radius 3 is 1.22 bits per heavy atom. The molecule has 0 bridgehead atoms. The molecule has 4 aromatic rings. The molecule has 0 spiro atoms. The number of carbonyl (C=O) groups is 8. The van der Waals surface area contributed by atoms with Crippen molar-refractivity contribution in [1.82, 2.24) is 15.7 Å². The van der Waals surface area contributed by atoms with Crippen LogP contribution in [0.5, 0.6) is 0 Å². The van der Waals surface area contributed by atoms with E-state index in [0.29, 0.717) is 86.4 Å². The van der Waals surface area contributed by atoms with Crippen molar-refractivity contribution >= 4 is 197 Å². The Kier molecular flexibility index (Phi) is 54.3. The zero-order valence-electron chi connectivity index (χ0n) is 48.3. The van der Waals surface area contributed by atoms with Crippen molar-refractivity contribution in [1.29, 1.82) is 0 Å². The van der Waals surface area contributed by atoms with Gasteiger partial charge in [-0.15, -0.1) is 58.0 Å². The molecular weight excluding hydrogens is 1440 g/mol. The summed E-state index contributed by atoms with van der Waals surface area (Å²) in [5.74, 6) is 0.399. The number of ether oxygens (including phenoxy) is 3. The van der Waals surface area contributed by atoms with Gasteiger partial charge >= 0.3 is 23.9 Å². The van der Waals surface area contributed by atoms with E-state index >= 15 is 0 Å². The number of methoxy groups -OCH3 is 3. The summed E-state index contributed by atoms with van der Waals surface area (Å²) in [6.45, 7) is 2.86. The van der Waals surface area contributed by atoms with Crippen molar-refractivity contribution in [2.75, 3.05) is 103 Å². The number of benzene rings is 4. The van der Waals surface area contributed by atoms with Crippen LogP contribution in [-0.2, 0) is 71.8 Å². The van der Waals surface area contributed by atoms with Crippen molar-refractivity contribution < 1.29 is 57.7 Å². The number of nitrogens with one attached hydrogen (secondary N) is 3. The number of nitrogens with zero attached hydrogens (tertiary/aromatic N) is 2. The fourth-order valence-electron chi connectivity index (χ4n) is 7.22. The molecule has 0 fully saturated rings. The highest BCUT2D eigenvalue weighted by Gasteiger charge is 2.18. The van der Waals surface area contributed by atoms with Crippen LogP contribution in [-0.4, -0.2) is 182 Å². The fourth-order valence-corrected chi connectivity index (χ4v) is 9.17. The molecule has 0 unspecified atom stereocenters. The molecule has 30 heteroatoms. The predicted molar refractivity (Wildman–Crippen MR) is 370 cm³/mol. The summed E-state index contributed by atoms with van der Waals surface area (Å²) in [5.41, 5.74) is 23.6. The van der Waals surface area contributed by atoms with Crippen LogP contribution in [0.1, 0.15) is 42.4 Å². The number of rotatable bonds is 35. The van der Waals surface area contributed by atoms with E-state index in [9.17, 15) is 33.6 Å². The minimum Gasteiger partial charge on any atom is -0.481 e. The number of aldehydes is 1. The summed E-state index contributed by atoms with van der Waals surface area (Å²) < 4.78 is 15.7. The third-order valence-corrected chi connectivity index (χ3v) is 13.6. The number of anilines is 4. The molecule has 0 aromatic heterocycles. The third kappa shape index (κ3) is 44.9. The first kappa shape index (κ1) is 83.6. The molecule has 0 heterocycles. The Morgan fingerprint density at radius 2 is 0.907 bits per heavy atom. The Labute approximate surface area is 560 Å². The number of carbonyl (C=O) groups excluding carboxylic acids is 7. The summed E-state index contributed by atoms with van der Waals surface area (Å²) >= 11 is 32.5. The molecule has 0 aliphatic carbocycles. The number of carboxylic acids is 1.